The van der Waals surface area contributed by atoms with E-state index in [2.05, 4.69) is 20.2 Å². The van der Waals surface area contributed by atoms with Gasteiger partial charge in [-0.15, -0.1) is 24.0 Å². The van der Waals surface area contributed by atoms with Crippen LogP contribution in [-0.4, -0.2) is 64.8 Å². The fourth-order valence-corrected chi connectivity index (χ4v) is 3.21. The number of piperazine rings is 1. The summed E-state index contributed by atoms with van der Waals surface area (Å²) in [5, 5.41) is 13.7. The van der Waals surface area contributed by atoms with Crippen LogP contribution in [0.25, 0.3) is 0 Å². The average molecular weight is 512 g/mol. The van der Waals surface area contributed by atoms with Crippen LogP contribution in [0.3, 0.4) is 0 Å². The fraction of sp³-hybridized carbons (Fsp3) is 0.450. The molecule has 8 nitrogen and oxygen atoms in total. The molecule has 0 bridgehead atoms. The van der Waals surface area contributed by atoms with Crippen molar-refractivity contribution in [1.82, 2.24) is 19.8 Å². The molecule has 1 aromatic carbocycles. The molecule has 1 aliphatic rings. The molecule has 29 heavy (non-hydrogen) atoms. The van der Waals surface area contributed by atoms with Gasteiger partial charge in [0, 0.05) is 52.2 Å². The van der Waals surface area contributed by atoms with E-state index in [9.17, 15) is 9.90 Å². The Bertz CT molecular complexity index is 850. The summed E-state index contributed by atoms with van der Waals surface area (Å²) < 4.78 is 1.55. The SMILES string of the molecule is CCNC(=NCC(O)c1ccccc1)N1CCN(c2nccn(C)c2=O)CC1.I. The molecule has 1 saturated heterocycles. The van der Waals surface area contributed by atoms with Gasteiger partial charge in [-0.25, -0.2) is 4.98 Å². The van der Waals surface area contributed by atoms with E-state index < -0.39 is 6.10 Å². The molecule has 158 valence electrons. The first kappa shape index (κ1) is 23.1. The Hall–Kier alpha value is -2.14. The van der Waals surface area contributed by atoms with Gasteiger partial charge in [0.05, 0.1) is 12.6 Å². The summed E-state index contributed by atoms with van der Waals surface area (Å²) in [6.07, 6.45) is 2.68. The molecule has 2 N–H and O–H groups in total. The van der Waals surface area contributed by atoms with Crippen molar-refractivity contribution in [3.63, 3.8) is 0 Å². The van der Waals surface area contributed by atoms with Gasteiger partial charge in [-0.1, -0.05) is 30.3 Å². The highest BCUT2D eigenvalue weighted by atomic mass is 127. The number of aryl methyl sites for hydroxylation is 1. The lowest BCUT2D eigenvalue weighted by molar-refractivity contribution is 0.186. The van der Waals surface area contributed by atoms with Crippen molar-refractivity contribution in [3.05, 3.63) is 58.6 Å². The smallest absolute Gasteiger partial charge is 0.293 e. The number of hydrogen-bond donors (Lipinski definition) is 2. The zero-order valence-corrected chi connectivity index (χ0v) is 19.2. The molecule has 0 spiro atoms. The van der Waals surface area contributed by atoms with Crippen molar-refractivity contribution in [2.24, 2.45) is 12.0 Å². The molecule has 3 rings (SSSR count). The summed E-state index contributed by atoms with van der Waals surface area (Å²) >= 11 is 0. The Balaban J connectivity index is 0.00000300. The zero-order valence-electron chi connectivity index (χ0n) is 16.9. The molecule has 9 heteroatoms. The standard InChI is InChI=1S/C20H28N6O2.HI/c1-3-21-20(23-15-17(27)16-7-5-4-6-8-16)26-13-11-25(12-14-26)18-19(28)24(2)10-9-22-18;/h4-10,17,27H,3,11-15H2,1-2H3,(H,21,23);1H. The van der Waals surface area contributed by atoms with Gasteiger partial charge >= 0.3 is 0 Å². The maximum Gasteiger partial charge on any atom is 0.293 e. The van der Waals surface area contributed by atoms with E-state index in [4.69, 9.17) is 0 Å². The highest BCUT2D eigenvalue weighted by Crippen LogP contribution is 2.13. The minimum Gasteiger partial charge on any atom is -0.386 e. The van der Waals surface area contributed by atoms with Crippen LogP contribution in [-0.2, 0) is 7.05 Å². The number of benzene rings is 1. The van der Waals surface area contributed by atoms with Gasteiger partial charge in [0.1, 0.15) is 0 Å². The van der Waals surface area contributed by atoms with E-state index in [-0.39, 0.29) is 29.5 Å². The summed E-state index contributed by atoms with van der Waals surface area (Å²) in [6, 6.07) is 9.56. The molecule has 0 amide bonds. The lowest BCUT2D eigenvalue weighted by Crippen LogP contribution is -2.53. The Morgan fingerprint density at radius 2 is 1.93 bits per heavy atom. The van der Waals surface area contributed by atoms with Gasteiger partial charge in [0.15, 0.2) is 11.8 Å². The van der Waals surface area contributed by atoms with E-state index in [1.54, 1.807) is 24.0 Å². The highest BCUT2D eigenvalue weighted by molar-refractivity contribution is 14.0. The first-order valence-electron chi connectivity index (χ1n) is 9.63. The fourth-order valence-electron chi connectivity index (χ4n) is 3.21. The third-order valence-corrected chi connectivity index (χ3v) is 4.81. The van der Waals surface area contributed by atoms with Gasteiger partial charge in [0.2, 0.25) is 0 Å². The number of aliphatic imine (C=N–C) groups is 1. The average Bonchev–Trinajstić information content (AvgIpc) is 2.74. The number of aliphatic hydroxyl groups excluding tert-OH is 1. The molecule has 1 unspecified atom stereocenters. The van der Waals surface area contributed by atoms with E-state index in [0.29, 0.717) is 25.5 Å². The van der Waals surface area contributed by atoms with E-state index in [1.807, 2.05) is 42.2 Å². The van der Waals surface area contributed by atoms with Gasteiger partial charge in [-0.3, -0.25) is 9.79 Å². The van der Waals surface area contributed by atoms with Crippen molar-refractivity contribution < 1.29 is 5.11 Å². The molecule has 1 aliphatic heterocycles. The largest absolute Gasteiger partial charge is 0.386 e. The second-order valence-electron chi connectivity index (χ2n) is 6.76. The second kappa shape index (κ2) is 11.1. The number of aromatic nitrogens is 2. The predicted molar refractivity (Wildman–Crippen MR) is 126 cm³/mol. The molecule has 0 saturated carbocycles. The lowest BCUT2D eigenvalue weighted by Gasteiger charge is -2.36. The third-order valence-electron chi connectivity index (χ3n) is 4.81. The van der Waals surface area contributed by atoms with Crippen LogP contribution < -0.4 is 15.8 Å². The van der Waals surface area contributed by atoms with Crippen LogP contribution in [0, 0.1) is 0 Å². The maximum atomic E-state index is 12.3. The van der Waals surface area contributed by atoms with Gasteiger partial charge in [-0.2, -0.15) is 0 Å². The van der Waals surface area contributed by atoms with Gasteiger partial charge in [-0.05, 0) is 12.5 Å². The summed E-state index contributed by atoms with van der Waals surface area (Å²) in [6.45, 7) is 5.92. The summed E-state index contributed by atoms with van der Waals surface area (Å²) in [7, 11) is 1.73. The molecule has 2 aromatic rings. The third kappa shape index (κ3) is 5.92. The van der Waals surface area contributed by atoms with Gasteiger partial charge < -0.3 is 24.8 Å². The maximum absolute atomic E-state index is 12.3. The second-order valence-corrected chi connectivity index (χ2v) is 6.76. The number of guanidine groups is 1. The van der Waals surface area contributed by atoms with Gasteiger partial charge in [0.25, 0.3) is 5.56 Å². The first-order valence-corrected chi connectivity index (χ1v) is 9.63. The molecular formula is C20H29IN6O2. The van der Waals surface area contributed by atoms with Crippen LogP contribution in [0.1, 0.15) is 18.6 Å². The number of nitrogens with zero attached hydrogens (tertiary/aromatic N) is 5. The Morgan fingerprint density at radius 1 is 1.24 bits per heavy atom. The molecule has 2 heterocycles. The van der Waals surface area contributed by atoms with Crippen molar-refractivity contribution in [1.29, 1.82) is 0 Å². The van der Waals surface area contributed by atoms with Crippen LogP contribution >= 0.6 is 24.0 Å². The number of anilines is 1. The van der Waals surface area contributed by atoms with Crippen LogP contribution in [0.2, 0.25) is 0 Å². The molecule has 1 atom stereocenters. The monoisotopic (exact) mass is 512 g/mol. The van der Waals surface area contributed by atoms with Crippen molar-refractivity contribution >= 4 is 35.8 Å². The minimum atomic E-state index is -0.632. The topological polar surface area (TPSA) is 86.0 Å². The van der Waals surface area contributed by atoms with E-state index in [0.717, 1.165) is 31.2 Å². The zero-order chi connectivity index (χ0) is 19.9. The molecule has 0 aliphatic carbocycles. The number of halogens is 1. The van der Waals surface area contributed by atoms with E-state index in [1.165, 1.54) is 0 Å². The number of rotatable bonds is 5. The quantitative estimate of drug-likeness (QED) is 0.356. The minimum absolute atomic E-state index is 0. The first-order chi connectivity index (χ1) is 13.6. The molecule has 0 radical (unpaired) electrons. The molecule has 1 aromatic heterocycles. The summed E-state index contributed by atoms with van der Waals surface area (Å²) in [5.74, 6) is 1.28. The van der Waals surface area contributed by atoms with Crippen LogP contribution in [0.15, 0.2) is 52.5 Å². The summed E-state index contributed by atoms with van der Waals surface area (Å²) in [5.41, 5.74) is 0.778. The molecule has 1 fully saturated rings. The van der Waals surface area contributed by atoms with Crippen molar-refractivity contribution in [2.45, 2.75) is 13.0 Å². The Morgan fingerprint density at radius 3 is 2.59 bits per heavy atom. The van der Waals surface area contributed by atoms with E-state index >= 15 is 0 Å². The van der Waals surface area contributed by atoms with Crippen molar-refractivity contribution in [3.8, 4) is 0 Å². The van der Waals surface area contributed by atoms with Crippen LogP contribution in [0.5, 0.6) is 0 Å². The van der Waals surface area contributed by atoms with Crippen molar-refractivity contribution in [2.75, 3.05) is 44.2 Å². The highest BCUT2D eigenvalue weighted by Gasteiger charge is 2.22. The number of aliphatic hydroxyl groups is 1. The predicted octanol–water partition coefficient (Wildman–Crippen LogP) is 1.22. The lowest BCUT2D eigenvalue weighted by atomic mass is 10.1. The molecular weight excluding hydrogens is 483 g/mol. The number of nitrogens with one attached hydrogen (secondary N) is 1. The van der Waals surface area contributed by atoms with Crippen LogP contribution in [0.4, 0.5) is 5.82 Å². The number of hydrogen-bond acceptors (Lipinski definition) is 5. The Kier molecular flexibility index (Phi) is 8.90. The summed E-state index contributed by atoms with van der Waals surface area (Å²) in [4.78, 5) is 25.3. The normalized spacial score (nSPS) is 15.6. The Labute approximate surface area is 188 Å².